The molecule has 0 saturated heterocycles. The van der Waals surface area contributed by atoms with Crippen LogP contribution in [0.4, 0.5) is 4.39 Å². The Hall–Kier alpha value is -1.72. The molecular weight excluding hydrogens is 277 g/mol. The second-order valence-electron chi connectivity index (χ2n) is 4.66. The largest absolute Gasteiger partial charge is 0.241 e. The first-order valence-electron chi connectivity index (χ1n) is 6.23. The van der Waals surface area contributed by atoms with Gasteiger partial charge in [-0.2, -0.15) is 0 Å². The summed E-state index contributed by atoms with van der Waals surface area (Å²) in [4.78, 5) is -0.0714. The van der Waals surface area contributed by atoms with E-state index in [1.54, 1.807) is 6.92 Å². The van der Waals surface area contributed by atoms with Crippen LogP contribution in [0.15, 0.2) is 53.4 Å². The molecule has 1 atom stereocenters. The Balaban J connectivity index is 2.27. The highest BCUT2D eigenvalue weighted by Gasteiger charge is 2.19. The summed E-state index contributed by atoms with van der Waals surface area (Å²) in [5.41, 5.74) is 1.90. The summed E-state index contributed by atoms with van der Waals surface area (Å²) in [6, 6.07) is 12.1. The van der Waals surface area contributed by atoms with Gasteiger partial charge in [0.2, 0.25) is 10.0 Å². The van der Waals surface area contributed by atoms with E-state index in [2.05, 4.69) is 4.72 Å². The fraction of sp³-hybridized carbons (Fsp3) is 0.200. The lowest BCUT2D eigenvalue weighted by Crippen LogP contribution is -2.27. The SMILES string of the molecule is Cc1ccccc1C(C)NS(=O)(=O)c1cccc(F)c1. The summed E-state index contributed by atoms with van der Waals surface area (Å²) >= 11 is 0. The van der Waals surface area contributed by atoms with Crippen LogP contribution in [0.3, 0.4) is 0 Å². The van der Waals surface area contributed by atoms with E-state index in [-0.39, 0.29) is 10.9 Å². The molecule has 20 heavy (non-hydrogen) atoms. The summed E-state index contributed by atoms with van der Waals surface area (Å²) in [7, 11) is -3.74. The van der Waals surface area contributed by atoms with Crippen LogP contribution < -0.4 is 4.72 Å². The Morgan fingerprint density at radius 1 is 1.10 bits per heavy atom. The molecule has 0 amide bonds. The minimum atomic E-state index is -3.74. The van der Waals surface area contributed by atoms with E-state index in [9.17, 15) is 12.8 Å². The van der Waals surface area contributed by atoms with Gasteiger partial charge < -0.3 is 0 Å². The Bertz CT molecular complexity index is 713. The van der Waals surface area contributed by atoms with Gasteiger partial charge in [0.25, 0.3) is 0 Å². The molecule has 0 saturated carbocycles. The third-order valence-corrected chi connectivity index (χ3v) is 4.63. The zero-order chi connectivity index (χ0) is 14.8. The first-order valence-corrected chi connectivity index (χ1v) is 7.72. The zero-order valence-electron chi connectivity index (χ0n) is 11.3. The molecule has 0 aromatic heterocycles. The number of hydrogen-bond donors (Lipinski definition) is 1. The van der Waals surface area contributed by atoms with Gasteiger partial charge in [-0.05, 0) is 43.2 Å². The van der Waals surface area contributed by atoms with Crippen molar-refractivity contribution >= 4 is 10.0 Å². The molecule has 0 spiro atoms. The normalized spacial score (nSPS) is 13.2. The van der Waals surface area contributed by atoms with E-state index < -0.39 is 15.8 Å². The number of halogens is 1. The second kappa shape index (κ2) is 5.73. The van der Waals surface area contributed by atoms with Crippen LogP contribution in [-0.4, -0.2) is 8.42 Å². The van der Waals surface area contributed by atoms with Crippen molar-refractivity contribution in [2.24, 2.45) is 0 Å². The molecule has 0 aliphatic rings. The van der Waals surface area contributed by atoms with Crippen LogP contribution in [-0.2, 0) is 10.0 Å². The molecule has 0 radical (unpaired) electrons. The van der Waals surface area contributed by atoms with Gasteiger partial charge in [-0.25, -0.2) is 17.5 Å². The van der Waals surface area contributed by atoms with Crippen molar-refractivity contribution in [3.8, 4) is 0 Å². The molecule has 1 unspecified atom stereocenters. The lowest BCUT2D eigenvalue weighted by molar-refractivity contribution is 0.563. The van der Waals surface area contributed by atoms with Crippen molar-refractivity contribution in [2.75, 3.05) is 0 Å². The average Bonchev–Trinajstić information content (AvgIpc) is 2.38. The summed E-state index contributed by atoms with van der Waals surface area (Å²) in [6.07, 6.45) is 0. The number of hydrogen-bond acceptors (Lipinski definition) is 2. The predicted molar refractivity (Wildman–Crippen MR) is 76.3 cm³/mol. The standard InChI is InChI=1S/C15H16FNO2S/c1-11-6-3-4-9-15(11)12(2)17-20(18,19)14-8-5-7-13(16)10-14/h3-10,12,17H,1-2H3. The molecule has 106 valence electrons. The number of rotatable bonds is 4. The molecule has 0 aliphatic carbocycles. The molecular formula is C15H16FNO2S. The van der Waals surface area contributed by atoms with Crippen LogP contribution in [0, 0.1) is 12.7 Å². The second-order valence-corrected chi connectivity index (χ2v) is 6.37. The van der Waals surface area contributed by atoms with Gasteiger partial charge in [-0.15, -0.1) is 0 Å². The Labute approximate surface area is 118 Å². The van der Waals surface area contributed by atoms with E-state index in [0.717, 1.165) is 17.2 Å². The number of sulfonamides is 1. The van der Waals surface area contributed by atoms with Crippen LogP contribution in [0.1, 0.15) is 24.1 Å². The molecule has 0 bridgehead atoms. The van der Waals surface area contributed by atoms with Gasteiger partial charge in [-0.3, -0.25) is 0 Å². The van der Waals surface area contributed by atoms with Gasteiger partial charge in [0.05, 0.1) is 4.90 Å². The Morgan fingerprint density at radius 2 is 1.80 bits per heavy atom. The maximum absolute atomic E-state index is 13.1. The number of nitrogens with one attached hydrogen (secondary N) is 1. The lowest BCUT2D eigenvalue weighted by Gasteiger charge is -2.16. The quantitative estimate of drug-likeness (QED) is 0.941. The molecule has 2 aromatic carbocycles. The molecule has 5 heteroatoms. The molecule has 2 rings (SSSR count). The van der Waals surface area contributed by atoms with Gasteiger partial charge in [-0.1, -0.05) is 30.3 Å². The average molecular weight is 293 g/mol. The maximum Gasteiger partial charge on any atom is 0.241 e. The van der Waals surface area contributed by atoms with Crippen LogP contribution in [0.25, 0.3) is 0 Å². The van der Waals surface area contributed by atoms with Crippen LogP contribution in [0.2, 0.25) is 0 Å². The molecule has 1 N–H and O–H groups in total. The first kappa shape index (κ1) is 14.7. The van der Waals surface area contributed by atoms with Crippen molar-refractivity contribution in [3.05, 3.63) is 65.5 Å². The number of aryl methyl sites for hydroxylation is 1. The molecule has 3 nitrogen and oxygen atoms in total. The van der Waals surface area contributed by atoms with E-state index in [0.29, 0.717) is 0 Å². The fourth-order valence-corrected chi connectivity index (χ4v) is 3.32. The van der Waals surface area contributed by atoms with Crippen molar-refractivity contribution < 1.29 is 12.8 Å². The highest BCUT2D eigenvalue weighted by molar-refractivity contribution is 7.89. The lowest BCUT2D eigenvalue weighted by atomic mass is 10.0. The summed E-state index contributed by atoms with van der Waals surface area (Å²) in [5.74, 6) is -0.573. The Morgan fingerprint density at radius 3 is 2.45 bits per heavy atom. The van der Waals surface area contributed by atoms with Gasteiger partial charge in [0.15, 0.2) is 0 Å². The summed E-state index contributed by atoms with van der Waals surface area (Å²) in [6.45, 7) is 3.68. The van der Waals surface area contributed by atoms with Crippen LogP contribution in [0.5, 0.6) is 0 Å². The number of benzene rings is 2. The van der Waals surface area contributed by atoms with E-state index in [1.807, 2.05) is 31.2 Å². The van der Waals surface area contributed by atoms with Crippen LogP contribution >= 0.6 is 0 Å². The van der Waals surface area contributed by atoms with Crippen molar-refractivity contribution in [2.45, 2.75) is 24.8 Å². The maximum atomic E-state index is 13.1. The van der Waals surface area contributed by atoms with Gasteiger partial charge in [0, 0.05) is 6.04 Å². The van der Waals surface area contributed by atoms with E-state index in [4.69, 9.17) is 0 Å². The van der Waals surface area contributed by atoms with Crippen molar-refractivity contribution in [1.82, 2.24) is 4.72 Å². The minimum absolute atomic E-state index is 0.0714. The smallest absolute Gasteiger partial charge is 0.207 e. The fourth-order valence-electron chi connectivity index (χ4n) is 2.07. The van der Waals surface area contributed by atoms with Crippen molar-refractivity contribution in [3.63, 3.8) is 0 Å². The topological polar surface area (TPSA) is 46.2 Å². The summed E-state index contributed by atoms with van der Waals surface area (Å²) in [5, 5.41) is 0. The Kier molecular flexibility index (Phi) is 4.20. The highest BCUT2D eigenvalue weighted by atomic mass is 32.2. The van der Waals surface area contributed by atoms with Gasteiger partial charge >= 0.3 is 0 Å². The molecule has 0 heterocycles. The molecule has 0 aliphatic heterocycles. The van der Waals surface area contributed by atoms with E-state index >= 15 is 0 Å². The molecule has 0 fully saturated rings. The third kappa shape index (κ3) is 3.23. The summed E-state index contributed by atoms with van der Waals surface area (Å²) < 4.78 is 40.1. The monoisotopic (exact) mass is 293 g/mol. The first-order chi connectivity index (χ1) is 9.40. The molecule has 2 aromatic rings. The third-order valence-electron chi connectivity index (χ3n) is 3.09. The van der Waals surface area contributed by atoms with E-state index in [1.165, 1.54) is 18.2 Å². The predicted octanol–water partition coefficient (Wildman–Crippen LogP) is 3.17. The van der Waals surface area contributed by atoms with Crippen molar-refractivity contribution in [1.29, 1.82) is 0 Å². The van der Waals surface area contributed by atoms with Gasteiger partial charge in [0.1, 0.15) is 5.82 Å². The highest BCUT2D eigenvalue weighted by Crippen LogP contribution is 2.20. The zero-order valence-corrected chi connectivity index (χ0v) is 12.1. The minimum Gasteiger partial charge on any atom is -0.207 e.